The van der Waals surface area contributed by atoms with Crippen LogP contribution in [-0.4, -0.2) is 99.2 Å². The fraction of sp³-hybridized carbons (Fsp3) is 0.944. The Morgan fingerprint density at radius 3 is 1.86 bits per heavy atom. The van der Waals surface area contributed by atoms with E-state index in [9.17, 15) is 21.6 Å². The van der Waals surface area contributed by atoms with Crippen LogP contribution >= 0.6 is 0 Å². The molecule has 0 radical (unpaired) electrons. The second-order valence-corrected chi connectivity index (χ2v) is 12.4. The fourth-order valence-corrected chi connectivity index (χ4v) is 7.10. The van der Waals surface area contributed by atoms with E-state index in [1.165, 1.54) is 25.6 Å². The van der Waals surface area contributed by atoms with E-state index in [2.05, 4.69) is 0 Å². The van der Waals surface area contributed by atoms with Gasteiger partial charge in [-0.1, -0.05) is 19.3 Å². The molecule has 0 atom stereocenters. The third kappa shape index (κ3) is 5.30. The summed E-state index contributed by atoms with van der Waals surface area (Å²) < 4.78 is 53.7. The Bertz CT molecular complexity index is 779. The molecule has 2 aliphatic heterocycles. The lowest BCUT2D eigenvalue weighted by Gasteiger charge is -2.40. The Hall–Kier alpha value is -0.750. The van der Waals surface area contributed by atoms with E-state index < -0.39 is 20.2 Å². The summed E-state index contributed by atoms with van der Waals surface area (Å²) in [5.74, 6) is -0.156. The Balaban J connectivity index is 1.51. The van der Waals surface area contributed by atoms with Gasteiger partial charge in [0.25, 0.3) is 10.2 Å². The van der Waals surface area contributed by atoms with Crippen molar-refractivity contribution in [3.05, 3.63) is 0 Å². The van der Waals surface area contributed by atoms with Crippen molar-refractivity contribution in [3.8, 4) is 0 Å². The van der Waals surface area contributed by atoms with Crippen molar-refractivity contribution in [2.45, 2.75) is 51.0 Å². The second-order valence-electron chi connectivity index (χ2n) is 8.48. The molecule has 3 aliphatic rings. The highest BCUT2D eigenvalue weighted by Crippen LogP contribution is 2.26. The predicted octanol–water partition coefficient (Wildman–Crippen LogP) is 0.312. The molecule has 9 nitrogen and oxygen atoms in total. The van der Waals surface area contributed by atoms with Gasteiger partial charge >= 0.3 is 0 Å². The SMILES string of the molecule is CN(C1CCCCC1)S(=O)(=O)N1CCN(C(=O)C2CCN(S(C)(=O)=O)CC2)CC1. The number of carbonyl (C=O) groups is 1. The molecule has 29 heavy (non-hydrogen) atoms. The maximum absolute atomic E-state index is 13.0. The molecule has 1 saturated carbocycles. The number of rotatable bonds is 5. The van der Waals surface area contributed by atoms with E-state index in [0.29, 0.717) is 52.1 Å². The van der Waals surface area contributed by atoms with Gasteiger partial charge in [-0.05, 0) is 25.7 Å². The predicted molar refractivity (Wildman–Crippen MR) is 111 cm³/mol. The summed E-state index contributed by atoms with van der Waals surface area (Å²) in [7, 11) is -5.04. The molecule has 3 fully saturated rings. The van der Waals surface area contributed by atoms with Gasteiger partial charge < -0.3 is 4.90 Å². The summed E-state index contributed by atoms with van der Waals surface area (Å²) in [5, 5.41) is 0. The molecule has 0 N–H and O–H groups in total. The molecule has 2 heterocycles. The van der Waals surface area contributed by atoms with Gasteiger partial charge in [0.15, 0.2) is 0 Å². The normalized spacial score (nSPS) is 24.9. The largest absolute Gasteiger partial charge is 0.340 e. The zero-order chi connectivity index (χ0) is 21.2. The minimum atomic E-state index is -3.50. The number of piperidine rings is 1. The molecular formula is C18H34N4O5S2. The Morgan fingerprint density at radius 2 is 1.34 bits per heavy atom. The van der Waals surface area contributed by atoms with Gasteiger partial charge in [-0.3, -0.25) is 4.79 Å². The molecule has 3 rings (SSSR count). The minimum absolute atomic E-state index is 0.0239. The molecular weight excluding hydrogens is 416 g/mol. The standard InChI is InChI=1S/C18H34N4O5S2/c1-19(17-6-4-3-5-7-17)29(26,27)22-14-12-20(13-15-22)18(23)16-8-10-21(11-9-16)28(2,24)25/h16-17H,3-15H2,1-2H3. The second kappa shape index (κ2) is 9.17. The van der Waals surface area contributed by atoms with E-state index in [-0.39, 0.29) is 17.9 Å². The van der Waals surface area contributed by atoms with Crippen LogP contribution in [0.4, 0.5) is 0 Å². The van der Waals surface area contributed by atoms with Gasteiger partial charge in [-0.2, -0.15) is 17.0 Å². The number of piperazine rings is 1. The summed E-state index contributed by atoms with van der Waals surface area (Å²) in [4.78, 5) is 14.6. The Kier molecular flexibility index (Phi) is 7.25. The number of nitrogens with zero attached hydrogens (tertiary/aromatic N) is 4. The van der Waals surface area contributed by atoms with Gasteiger partial charge in [0.05, 0.1) is 6.26 Å². The average Bonchev–Trinajstić information content (AvgIpc) is 2.73. The van der Waals surface area contributed by atoms with E-state index >= 15 is 0 Å². The summed E-state index contributed by atoms with van der Waals surface area (Å²) in [6, 6.07) is 0.0773. The van der Waals surface area contributed by atoms with Crippen LogP contribution in [0.25, 0.3) is 0 Å². The highest BCUT2D eigenvalue weighted by molar-refractivity contribution is 7.88. The van der Waals surface area contributed by atoms with Crippen LogP contribution in [0.5, 0.6) is 0 Å². The van der Waals surface area contributed by atoms with Crippen LogP contribution in [0, 0.1) is 5.92 Å². The molecule has 0 aromatic rings. The molecule has 168 valence electrons. The zero-order valence-corrected chi connectivity index (χ0v) is 19.1. The maximum atomic E-state index is 13.0. The summed E-state index contributed by atoms with van der Waals surface area (Å²) in [5.41, 5.74) is 0. The van der Waals surface area contributed by atoms with E-state index in [1.54, 1.807) is 11.9 Å². The van der Waals surface area contributed by atoms with Crippen molar-refractivity contribution in [3.63, 3.8) is 0 Å². The van der Waals surface area contributed by atoms with Crippen LogP contribution in [-0.2, 0) is 25.0 Å². The lowest BCUT2D eigenvalue weighted by atomic mass is 9.96. The van der Waals surface area contributed by atoms with Gasteiger partial charge in [0, 0.05) is 58.3 Å². The molecule has 1 aliphatic carbocycles. The first kappa shape index (κ1) is 22.9. The van der Waals surface area contributed by atoms with Crippen LogP contribution in [0.2, 0.25) is 0 Å². The van der Waals surface area contributed by atoms with Gasteiger partial charge in [0.2, 0.25) is 15.9 Å². The smallest absolute Gasteiger partial charge is 0.282 e. The summed E-state index contributed by atoms with van der Waals surface area (Å²) in [6.45, 7) is 2.15. The molecule has 0 unspecified atom stereocenters. The highest BCUT2D eigenvalue weighted by Gasteiger charge is 2.37. The van der Waals surface area contributed by atoms with Crippen LogP contribution < -0.4 is 0 Å². The van der Waals surface area contributed by atoms with E-state index in [4.69, 9.17) is 0 Å². The highest BCUT2D eigenvalue weighted by atomic mass is 32.2. The van der Waals surface area contributed by atoms with Crippen LogP contribution in [0.15, 0.2) is 0 Å². The van der Waals surface area contributed by atoms with E-state index in [1.807, 2.05) is 0 Å². The van der Waals surface area contributed by atoms with Crippen molar-refractivity contribution in [2.24, 2.45) is 5.92 Å². The Labute approximate surface area is 175 Å². The minimum Gasteiger partial charge on any atom is -0.340 e. The van der Waals surface area contributed by atoms with Gasteiger partial charge in [-0.25, -0.2) is 12.7 Å². The average molecular weight is 451 g/mol. The lowest BCUT2D eigenvalue weighted by Crippen LogP contribution is -2.56. The number of carbonyl (C=O) groups excluding carboxylic acids is 1. The first-order valence-electron chi connectivity index (χ1n) is 10.6. The monoisotopic (exact) mass is 450 g/mol. The molecule has 1 amide bonds. The van der Waals surface area contributed by atoms with Crippen molar-refractivity contribution in [1.29, 1.82) is 0 Å². The molecule has 0 aromatic carbocycles. The number of amides is 1. The van der Waals surface area contributed by atoms with Crippen LogP contribution in [0.1, 0.15) is 44.9 Å². The number of sulfonamides is 1. The van der Waals surface area contributed by atoms with Crippen LogP contribution in [0.3, 0.4) is 0 Å². The van der Waals surface area contributed by atoms with E-state index in [0.717, 1.165) is 25.7 Å². The first-order valence-corrected chi connectivity index (χ1v) is 13.8. The lowest BCUT2D eigenvalue weighted by molar-refractivity contribution is -0.138. The first-order chi connectivity index (χ1) is 13.6. The molecule has 0 bridgehead atoms. The van der Waals surface area contributed by atoms with Gasteiger partial charge in [-0.15, -0.1) is 0 Å². The number of hydrogen-bond acceptors (Lipinski definition) is 5. The topological polar surface area (TPSA) is 98.3 Å². The maximum Gasteiger partial charge on any atom is 0.282 e. The molecule has 0 aromatic heterocycles. The Morgan fingerprint density at radius 1 is 0.793 bits per heavy atom. The third-order valence-electron chi connectivity index (χ3n) is 6.60. The number of hydrogen-bond donors (Lipinski definition) is 0. The van der Waals surface area contributed by atoms with Gasteiger partial charge in [0.1, 0.15) is 0 Å². The van der Waals surface area contributed by atoms with Crippen molar-refractivity contribution >= 4 is 26.1 Å². The quantitative estimate of drug-likeness (QED) is 0.600. The fourth-order valence-electron chi connectivity index (χ4n) is 4.65. The third-order valence-corrected chi connectivity index (χ3v) is 9.95. The molecule has 2 saturated heterocycles. The summed E-state index contributed by atoms with van der Waals surface area (Å²) in [6.07, 6.45) is 7.40. The van der Waals surface area contributed by atoms with Crippen molar-refractivity contribution < 1.29 is 21.6 Å². The molecule has 0 spiro atoms. The molecule has 11 heteroatoms. The van der Waals surface area contributed by atoms with Crippen molar-refractivity contribution in [2.75, 3.05) is 52.6 Å². The summed E-state index contributed by atoms with van der Waals surface area (Å²) >= 11 is 0. The zero-order valence-electron chi connectivity index (χ0n) is 17.5. The van der Waals surface area contributed by atoms with Crippen molar-refractivity contribution in [1.82, 2.24) is 17.8 Å².